The number of fused-ring (bicyclic) bond motifs is 3. The Hall–Kier alpha value is -3.31. The van der Waals surface area contributed by atoms with Crippen molar-refractivity contribution in [3.8, 4) is 0 Å². The van der Waals surface area contributed by atoms with Crippen molar-refractivity contribution >= 4 is 56.4 Å². The predicted octanol–water partition coefficient (Wildman–Crippen LogP) is 3.47. The lowest BCUT2D eigenvalue weighted by atomic mass is 9.97. The van der Waals surface area contributed by atoms with Crippen LogP contribution in [0.3, 0.4) is 0 Å². The number of nitrogens with zero attached hydrogens (tertiary/aromatic N) is 3. The summed E-state index contributed by atoms with van der Waals surface area (Å²) in [6.07, 6.45) is 5.27. The van der Waals surface area contributed by atoms with E-state index in [1.165, 1.54) is 27.9 Å². The van der Waals surface area contributed by atoms with Crippen LogP contribution in [0.25, 0.3) is 10.2 Å². The first-order chi connectivity index (χ1) is 15.8. The molecule has 1 aromatic carbocycles. The second-order valence-corrected chi connectivity index (χ2v) is 9.03. The minimum Gasteiger partial charge on any atom is -0.456 e. The molecule has 0 unspecified atom stereocenters. The largest absolute Gasteiger partial charge is 0.456 e. The minimum absolute atomic E-state index is 0.0597. The summed E-state index contributed by atoms with van der Waals surface area (Å²) in [4.78, 5) is 53.8. The van der Waals surface area contributed by atoms with E-state index in [9.17, 15) is 24.5 Å². The molecule has 1 aliphatic rings. The fraction of sp³-hybridized carbons (Fsp3) is 0.333. The maximum Gasteiger partial charge on any atom is 0.308 e. The number of aromatic nitrogens is 2. The first-order valence-corrected chi connectivity index (χ1v) is 11.4. The van der Waals surface area contributed by atoms with Crippen LogP contribution in [0.5, 0.6) is 0 Å². The zero-order chi connectivity index (χ0) is 23.5. The van der Waals surface area contributed by atoms with E-state index in [0.717, 1.165) is 42.1 Å². The van der Waals surface area contributed by atoms with Crippen molar-refractivity contribution in [2.24, 2.45) is 0 Å². The Morgan fingerprint density at radius 2 is 2.09 bits per heavy atom. The fourth-order valence-corrected chi connectivity index (χ4v) is 5.10. The standard InChI is InChI=1S/C21H19ClN4O6S/c22-12-5-6-14(15(9-12)26(30)31)24-17(27)10-32-18(28)7-8-25-11-23-20-19(21(25)29)13-3-1-2-4-16(13)33-20/h5-6,9,11H,1-4,7-8,10H2,(H,24,27). The van der Waals surface area contributed by atoms with Crippen molar-refractivity contribution < 1.29 is 19.2 Å². The van der Waals surface area contributed by atoms with Gasteiger partial charge < -0.3 is 10.1 Å². The van der Waals surface area contributed by atoms with E-state index in [4.69, 9.17) is 16.3 Å². The summed E-state index contributed by atoms with van der Waals surface area (Å²) < 4.78 is 6.32. The smallest absolute Gasteiger partial charge is 0.308 e. The van der Waals surface area contributed by atoms with Gasteiger partial charge in [-0.05, 0) is 43.4 Å². The van der Waals surface area contributed by atoms with Gasteiger partial charge in [-0.25, -0.2) is 4.98 Å². The van der Waals surface area contributed by atoms with Crippen LogP contribution in [-0.4, -0.2) is 33.0 Å². The highest BCUT2D eigenvalue weighted by molar-refractivity contribution is 7.18. The number of nitro groups is 1. The average molecular weight is 491 g/mol. The molecule has 0 saturated heterocycles. The molecule has 0 atom stereocenters. The number of amides is 1. The quantitative estimate of drug-likeness (QED) is 0.304. The lowest BCUT2D eigenvalue weighted by molar-refractivity contribution is -0.383. The summed E-state index contributed by atoms with van der Waals surface area (Å²) in [6, 6.07) is 3.79. The van der Waals surface area contributed by atoms with Gasteiger partial charge in [-0.3, -0.25) is 29.1 Å². The molecule has 1 amide bonds. The highest BCUT2D eigenvalue weighted by atomic mass is 35.5. The van der Waals surface area contributed by atoms with E-state index < -0.39 is 23.4 Å². The van der Waals surface area contributed by atoms with E-state index in [0.29, 0.717) is 5.39 Å². The molecule has 0 spiro atoms. The third kappa shape index (κ3) is 5.04. The highest BCUT2D eigenvalue weighted by Crippen LogP contribution is 2.33. The number of aryl methyl sites for hydroxylation is 3. The summed E-state index contributed by atoms with van der Waals surface area (Å²) in [6.45, 7) is -0.557. The Morgan fingerprint density at radius 3 is 2.88 bits per heavy atom. The number of benzene rings is 1. The number of hydrogen-bond donors (Lipinski definition) is 1. The molecule has 0 saturated carbocycles. The number of esters is 1. The van der Waals surface area contributed by atoms with Gasteiger partial charge >= 0.3 is 5.97 Å². The highest BCUT2D eigenvalue weighted by Gasteiger charge is 2.21. The molecule has 2 heterocycles. The summed E-state index contributed by atoms with van der Waals surface area (Å²) in [5.41, 5.74) is 0.458. The molecule has 0 radical (unpaired) electrons. The van der Waals surface area contributed by atoms with Gasteiger partial charge in [0.1, 0.15) is 10.5 Å². The molecule has 0 bridgehead atoms. The number of carbonyl (C=O) groups is 2. The second-order valence-electron chi connectivity index (χ2n) is 7.51. The number of thiophene rings is 1. The van der Waals surface area contributed by atoms with E-state index in [1.54, 1.807) is 11.3 Å². The molecule has 33 heavy (non-hydrogen) atoms. The average Bonchev–Trinajstić information content (AvgIpc) is 3.17. The van der Waals surface area contributed by atoms with Crippen molar-refractivity contribution in [1.29, 1.82) is 0 Å². The van der Waals surface area contributed by atoms with E-state index in [-0.39, 0.29) is 34.9 Å². The van der Waals surface area contributed by atoms with Crippen molar-refractivity contribution in [2.45, 2.75) is 38.6 Å². The molecule has 1 N–H and O–H groups in total. The summed E-state index contributed by atoms with van der Waals surface area (Å²) in [5.74, 6) is -1.42. The van der Waals surface area contributed by atoms with E-state index in [1.807, 2.05) is 0 Å². The summed E-state index contributed by atoms with van der Waals surface area (Å²) in [5, 5.41) is 14.2. The van der Waals surface area contributed by atoms with Gasteiger partial charge in [0.25, 0.3) is 17.2 Å². The van der Waals surface area contributed by atoms with Gasteiger partial charge in [0.2, 0.25) is 0 Å². The van der Waals surface area contributed by atoms with Crippen LogP contribution in [0, 0.1) is 10.1 Å². The lowest BCUT2D eigenvalue weighted by Crippen LogP contribution is -2.25. The summed E-state index contributed by atoms with van der Waals surface area (Å²) in [7, 11) is 0. The number of anilines is 1. The maximum absolute atomic E-state index is 12.9. The SMILES string of the molecule is O=C(COC(=O)CCn1cnc2sc3c(c2c1=O)CCCC3)Nc1ccc(Cl)cc1[N+](=O)[O-]. The van der Waals surface area contributed by atoms with Gasteiger partial charge in [-0.15, -0.1) is 11.3 Å². The molecule has 12 heteroatoms. The number of halogens is 1. The third-order valence-corrected chi connectivity index (χ3v) is 6.73. The van der Waals surface area contributed by atoms with Crippen molar-refractivity contribution in [3.05, 3.63) is 60.5 Å². The zero-order valence-electron chi connectivity index (χ0n) is 17.3. The molecular formula is C21H19ClN4O6S. The Balaban J connectivity index is 1.34. The molecule has 172 valence electrons. The molecule has 2 aromatic heterocycles. The van der Waals surface area contributed by atoms with Crippen LogP contribution < -0.4 is 10.9 Å². The summed E-state index contributed by atoms with van der Waals surface area (Å²) >= 11 is 7.29. The van der Waals surface area contributed by atoms with E-state index in [2.05, 4.69) is 10.3 Å². The van der Waals surface area contributed by atoms with Gasteiger partial charge in [0, 0.05) is 22.5 Å². The predicted molar refractivity (Wildman–Crippen MR) is 123 cm³/mol. The first-order valence-electron chi connectivity index (χ1n) is 10.2. The van der Waals surface area contributed by atoms with Crippen LogP contribution in [0.1, 0.15) is 29.7 Å². The second kappa shape index (κ2) is 9.67. The van der Waals surface area contributed by atoms with Crippen LogP contribution in [0.2, 0.25) is 5.02 Å². The maximum atomic E-state index is 12.9. The molecule has 10 nitrogen and oxygen atoms in total. The molecule has 3 aromatic rings. The lowest BCUT2D eigenvalue weighted by Gasteiger charge is -2.10. The molecule has 0 aliphatic heterocycles. The fourth-order valence-electron chi connectivity index (χ4n) is 3.72. The Bertz CT molecular complexity index is 1320. The van der Waals surface area contributed by atoms with Crippen molar-refractivity contribution in [1.82, 2.24) is 9.55 Å². The van der Waals surface area contributed by atoms with Gasteiger partial charge in [-0.2, -0.15) is 0 Å². The van der Waals surface area contributed by atoms with Crippen LogP contribution in [0.15, 0.2) is 29.3 Å². The number of carbonyl (C=O) groups excluding carboxylic acids is 2. The molecular weight excluding hydrogens is 472 g/mol. The Kier molecular flexibility index (Phi) is 6.70. The first kappa shape index (κ1) is 22.9. The number of hydrogen-bond acceptors (Lipinski definition) is 8. The monoisotopic (exact) mass is 490 g/mol. The number of nitrogens with one attached hydrogen (secondary N) is 1. The van der Waals surface area contributed by atoms with E-state index >= 15 is 0 Å². The molecule has 1 aliphatic carbocycles. The Morgan fingerprint density at radius 1 is 1.30 bits per heavy atom. The van der Waals surface area contributed by atoms with Crippen LogP contribution in [0.4, 0.5) is 11.4 Å². The zero-order valence-corrected chi connectivity index (χ0v) is 18.9. The van der Waals surface area contributed by atoms with Crippen LogP contribution in [-0.2, 0) is 33.7 Å². The normalized spacial score (nSPS) is 12.9. The minimum atomic E-state index is -0.737. The Labute approximate surface area is 196 Å². The van der Waals surface area contributed by atoms with Gasteiger partial charge in [-0.1, -0.05) is 11.6 Å². The van der Waals surface area contributed by atoms with Gasteiger partial charge in [0.15, 0.2) is 6.61 Å². The van der Waals surface area contributed by atoms with Crippen molar-refractivity contribution in [3.63, 3.8) is 0 Å². The number of rotatable bonds is 7. The topological polar surface area (TPSA) is 133 Å². The number of nitro benzene ring substituents is 1. The van der Waals surface area contributed by atoms with Gasteiger partial charge in [0.05, 0.1) is 23.1 Å². The third-order valence-electron chi connectivity index (χ3n) is 5.29. The molecule has 4 rings (SSSR count). The van der Waals surface area contributed by atoms with Crippen molar-refractivity contribution in [2.75, 3.05) is 11.9 Å². The van der Waals surface area contributed by atoms with Crippen LogP contribution >= 0.6 is 22.9 Å². The number of ether oxygens (including phenoxy) is 1. The molecule has 0 fully saturated rings.